The molecule has 1 aliphatic heterocycles. The number of halogens is 1. The Morgan fingerprint density at radius 3 is 3.27 bits per heavy atom. The van der Waals surface area contributed by atoms with Gasteiger partial charge in [-0.05, 0) is 12.1 Å². The molecule has 2 rings (SSSR count). The Balaban J connectivity index is 2.50. The van der Waals surface area contributed by atoms with Crippen LogP contribution in [0.15, 0.2) is 12.1 Å². The lowest BCUT2D eigenvalue weighted by Gasteiger charge is -1.97. The van der Waals surface area contributed by atoms with Crippen LogP contribution >= 0.6 is 11.6 Å². The average molecular weight is 171 g/mol. The largest absolute Gasteiger partial charge is 0.475 e. The minimum atomic E-state index is -0.0465. The van der Waals surface area contributed by atoms with Crippen LogP contribution in [0.25, 0.3) is 0 Å². The molecular formula is C7H7ClN2O. The van der Waals surface area contributed by atoms with E-state index in [0.29, 0.717) is 17.6 Å². The molecule has 0 unspecified atom stereocenters. The Morgan fingerprint density at radius 2 is 2.45 bits per heavy atom. The number of hydrogen-bond acceptors (Lipinski definition) is 3. The number of rotatable bonds is 0. The molecule has 0 aliphatic carbocycles. The summed E-state index contributed by atoms with van der Waals surface area (Å²) in [6.45, 7) is 0.503. The Bertz CT molecular complexity index is 290. The van der Waals surface area contributed by atoms with E-state index in [4.69, 9.17) is 22.1 Å². The molecule has 0 aromatic carbocycles. The van der Waals surface area contributed by atoms with Crippen molar-refractivity contribution in [3.63, 3.8) is 0 Å². The Morgan fingerprint density at radius 1 is 1.64 bits per heavy atom. The predicted octanol–water partition coefficient (Wildman–Crippen LogP) is 1.13. The zero-order valence-electron chi connectivity index (χ0n) is 5.75. The lowest BCUT2D eigenvalue weighted by molar-refractivity contribution is 0.323. The summed E-state index contributed by atoms with van der Waals surface area (Å²) in [4.78, 5) is 3.97. The first kappa shape index (κ1) is 6.88. The lowest BCUT2D eigenvalue weighted by Crippen LogP contribution is -2.10. The van der Waals surface area contributed by atoms with Crippen molar-refractivity contribution in [3.8, 4) is 5.88 Å². The monoisotopic (exact) mass is 170 g/mol. The summed E-state index contributed by atoms with van der Waals surface area (Å²) in [6.07, 6.45) is 0. The molecule has 1 aliphatic rings. The molecule has 0 saturated carbocycles. The number of pyridine rings is 1. The van der Waals surface area contributed by atoms with Crippen LogP contribution in [0.4, 0.5) is 0 Å². The Hall–Kier alpha value is -0.800. The van der Waals surface area contributed by atoms with Crippen molar-refractivity contribution in [1.29, 1.82) is 0 Å². The van der Waals surface area contributed by atoms with E-state index in [-0.39, 0.29) is 6.04 Å². The van der Waals surface area contributed by atoms with Crippen LogP contribution < -0.4 is 10.5 Å². The number of aromatic nitrogens is 1. The van der Waals surface area contributed by atoms with Gasteiger partial charge in [0.2, 0.25) is 5.88 Å². The van der Waals surface area contributed by atoms with E-state index in [2.05, 4.69) is 4.98 Å². The first-order valence-electron chi connectivity index (χ1n) is 3.32. The van der Waals surface area contributed by atoms with E-state index in [1.807, 2.05) is 6.07 Å². The van der Waals surface area contributed by atoms with Crippen molar-refractivity contribution in [2.75, 3.05) is 6.61 Å². The number of hydrogen-bond donors (Lipinski definition) is 1. The third kappa shape index (κ3) is 1.06. The van der Waals surface area contributed by atoms with Gasteiger partial charge < -0.3 is 10.5 Å². The van der Waals surface area contributed by atoms with Crippen LogP contribution in [-0.2, 0) is 0 Å². The highest BCUT2D eigenvalue weighted by molar-refractivity contribution is 6.29. The molecule has 1 aromatic heterocycles. The maximum absolute atomic E-state index is 5.69. The second kappa shape index (κ2) is 2.36. The van der Waals surface area contributed by atoms with Crippen molar-refractivity contribution in [2.45, 2.75) is 6.04 Å². The maximum Gasteiger partial charge on any atom is 0.219 e. The van der Waals surface area contributed by atoms with Crippen molar-refractivity contribution >= 4 is 11.6 Å². The summed E-state index contributed by atoms with van der Waals surface area (Å²) < 4.78 is 5.17. The highest BCUT2D eigenvalue weighted by Crippen LogP contribution is 2.29. The topological polar surface area (TPSA) is 48.1 Å². The molecule has 0 amide bonds. The normalized spacial score (nSPS) is 21.1. The molecule has 11 heavy (non-hydrogen) atoms. The van der Waals surface area contributed by atoms with Gasteiger partial charge in [0.15, 0.2) is 0 Å². The standard InChI is InChI=1S/C7H7ClN2O/c8-6-2-1-4-5(9)3-11-7(4)10-6/h1-2,5H,3,9H2/t5-/m1/s1. The van der Waals surface area contributed by atoms with Gasteiger partial charge in [-0.25, -0.2) is 4.98 Å². The molecule has 58 valence electrons. The van der Waals surface area contributed by atoms with Gasteiger partial charge in [-0.1, -0.05) is 11.6 Å². The highest BCUT2D eigenvalue weighted by atomic mass is 35.5. The van der Waals surface area contributed by atoms with Crippen molar-refractivity contribution < 1.29 is 4.74 Å². The van der Waals surface area contributed by atoms with Crippen LogP contribution in [-0.4, -0.2) is 11.6 Å². The first-order valence-corrected chi connectivity index (χ1v) is 3.70. The van der Waals surface area contributed by atoms with E-state index in [1.165, 1.54) is 0 Å². The molecule has 2 N–H and O–H groups in total. The van der Waals surface area contributed by atoms with Gasteiger partial charge in [-0.3, -0.25) is 0 Å². The van der Waals surface area contributed by atoms with E-state index in [0.717, 1.165) is 5.56 Å². The number of nitrogens with two attached hydrogens (primary N) is 1. The van der Waals surface area contributed by atoms with Gasteiger partial charge in [0.25, 0.3) is 0 Å². The lowest BCUT2D eigenvalue weighted by atomic mass is 10.2. The summed E-state index contributed by atoms with van der Waals surface area (Å²) in [5.74, 6) is 0.574. The third-order valence-corrected chi connectivity index (χ3v) is 1.87. The molecular weight excluding hydrogens is 164 g/mol. The SMILES string of the molecule is N[C@@H]1COc2nc(Cl)ccc21. The van der Waals surface area contributed by atoms with Crippen molar-refractivity contribution in [1.82, 2.24) is 4.98 Å². The smallest absolute Gasteiger partial charge is 0.219 e. The molecule has 0 saturated heterocycles. The van der Waals surface area contributed by atoms with E-state index in [1.54, 1.807) is 6.07 Å². The molecule has 0 fully saturated rings. The fraction of sp³-hybridized carbons (Fsp3) is 0.286. The summed E-state index contributed by atoms with van der Waals surface area (Å²) in [7, 11) is 0. The molecule has 3 nitrogen and oxygen atoms in total. The van der Waals surface area contributed by atoms with Crippen LogP contribution in [0.1, 0.15) is 11.6 Å². The fourth-order valence-electron chi connectivity index (χ4n) is 1.08. The zero-order valence-corrected chi connectivity index (χ0v) is 6.51. The predicted molar refractivity (Wildman–Crippen MR) is 41.7 cm³/mol. The van der Waals surface area contributed by atoms with Gasteiger partial charge in [-0.15, -0.1) is 0 Å². The Labute approximate surface area is 69.1 Å². The quantitative estimate of drug-likeness (QED) is 0.594. The molecule has 0 radical (unpaired) electrons. The number of ether oxygens (including phenoxy) is 1. The molecule has 1 atom stereocenters. The van der Waals surface area contributed by atoms with E-state index < -0.39 is 0 Å². The Kier molecular flexibility index (Phi) is 1.47. The van der Waals surface area contributed by atoms with Crippen molar-refractivity contribution in [2.24, 2.45) is 5.73 Å². The zero-order chi connectivity index (χ0) is 7.84. The van der Waals surface area contributed by atoms with Crippen molar-refractivity contribution in [3.05, 3.63) is 22.8 Å². The minimum absolute atomic E-state index is 0.0465. The second-order valence-corrected chi connectivity index (χ2v) is 2.83. The van der Waals surface area contributed by atoms with E-state index in [9.17, 15) is 0 Å². The maximum atomic E-state index is 5.69. The molecule has 4 heteroatoms. The van der Waals surface area contributed by atoms with Crippen LogP contribution in [0, 0.1) is 0 Å². The van der Waals surface area contributed by atoms with Gasteiger partial charge in [0, 0.05) is 5.56 Å². The first-order chi connectivity index (χ1) is 5.27. The summed E-state index contributed by atoms with van der Waals surface area (Å²) in [5.41, 5.74) is 6.63. The summed E-state index contributed by atoms with van der Waals surface area (Å²) in [6, 6.07) is 3.52. The molecule has 2 heterocycles. The number of fused-ring (bicyclic) bond motifs is 1. The van der Waals surface area contributed by atoms with Crippen LogP contribution in [0.5, 0.6) is 5.88 Å². The van der Waals surface area contributed by atoms with Crippen LogP contribution in [0.2, 0.25) is 5.15 Å². The molecule has 0 bridgehead atoms. The highest BCUT2D eigenvalue weighted by Gasteiger charge is 2.21. The fourth-order valence-corrected chi connectivity index (χ4v) is 1.22. The van der Waals surface area contributed by atoms with Gasteiger partial charge in [0.05, 0.1) is 6.04 Å². The molecule has 1 aromatic rings. The summed E-state index contributed by atoms with van der Waals surface area (Å²) in [5, 5.41) is 0.442. The van der Waals surface area contributed by atoms with Gasteiger partial charge in [-0.2, -0.15) is 0 Å². The van der Waals surface area contributed by atoms with E-state index >= 15 is 0 Å². The van der Waals surface area contributed by atoms with Gasteiger partial charge >= 0.3 is 0 Å². The number of nitrogens with zero attached hydrogens (tertiary/aromatic N) is 1. The third-order valence-electron chi connectivity index (χ3n) is 1.65. The molecule has 0 spiro atoms. The second-order valence-electron chi connectivity index (χ2n) is 2.45. The van der Waals surface area contributed by atoms with Gasteiger partial charge in [0.1, 0.15) is 11.8 Å². The average Bonchev–Trinajstić information content (AvgIpc) is 2.32. The summed E-state index contributed by atoms with van der Waals surface area (Å²) >= 11 is 5.64. The van der Waals surface area contributed by atoms with Crippen LogP contribution in [0.3, 0.4) is 0 Å². The minimum Gasteiger partial charge on any atom is -0.475 e.